The topological polar surface area (TPSA) is 54.9 Å². The van der Waals surface area contributed by atoms with Crippen LogP contribution in [0.4, 0.5) is 0 Å². The van der Waals surface area contributed by atoms with E-state index in [1.807, 2.05) is 60.7 Å². The zero-order valence-corrected chi connectivity index (χ0v) is 15.5. The van der Waals surface area contributed by atoms with E-state index in [-0.39, 0.29) is 5.91 Å². The summed E-state index contributed by atoms with van der Waals surface area (Å²) >= 11 is 0. The van der Waals surface area contributed by atoms with Crippen molar-refractivity contribution in [3.63, 3.8) is 0 Å². The second kappa shape index (κ2) is 8.44. The maximum absolute atomic E-state index is 12.9. The number of hydrogen-bond donors (Lipinski definition) is 1. The largest absolute Gasteiger partial charge is 0.352 e. The van der Waals surface area contributed by atoms with Gasteiger partial charge < -0.3 is 5.32 Å². The van der Waals surface area contributed by atoms with Crippen molar-refractivity contribution in [1.82, 2.24) is 15.3 Å². The molecule has 4 nitrogen and oxygen atoms in total. The van der Waals surface area contributed by atoms with Gasteiger partial charge in [-0.2, -0.15) is 0 Å². The summed E-state index contributed by atoms with van der Waals surface area (Å²) in [5, 5.41) is 3.91. The van der Waals surface area contributed by atoms with E-state index < -0.39 is 0 Å². The van der Waals surface area contributed by atoms with E-state index in [0.717, 1.165) is 35.0 Å². The lowest BCUT2D eigenvalue weighted by atomic mass is 10.0. The van der Waals surface area contributed by atoms with Gasteiger partial charge in [-0.05, 0) is 42.7 Å². The molecule has 138 valence electrons. The molecule has 0 saturated carbocycles. The monoisotopic (exact) mass is 367 g/mol. The number of carbonyl (C=O) groups excluding carboxylic acids is 1. The summed E-state index contributed by atoms with van der Waals surface area (Å²) in [5.41, 5.74) is 4.38. The molecule has 4 rings (SSSR count). The Morgan fingerprint density at radius 2 is 1.75 bits per heavy atom. The molecule has 2 heterocycles. The van der Waals surface area contributed by atoms with E-state index in [4.69, 9.17) is 4.98 Å². The number of fused-ring (bicyclic) bond motifs is 1. The van der Waals surface area contributed by atoms with Gasteiger partial charge in [0, 0.05) is 29.9 Å². The minimum absolute atomic E-state index is 0.0724. The Hall–Kier alpha value is -3.53. The molecule has 1 N–H and O–H groups in total. The average molecular weight is 367 g/mol. The van der Waals surface area contributed by atoms with E-state index >= 15 is 0 Å². The number of amides is 1. The van der Waals surface area contributed by atoms with E-state index in [2.05, 4.69) is 22.4 Å². The van der Waals surface area contributed by atoms with Gasteiger partial charge in [-0.25, -0.2) is 4.98 Å². The summed E-state index contributed by atoms with van der Waals surface area (Å²) in [6.45, 7) is 0.632. The summed E-state index contributed by atoms with van der Waals surface area (Å²) in [5.74, 6) is -0.0724. The number of nitrogens with one attached hydrogen (secondary N) is 1. The smallest absolute Gasteiger partial charge is 0.252 e. The van der Waals surface area contributed by atoms with Crippen LogP contribution in [0.1, 0.15) is 22.3 Å². The summed E-state index contributed by atoms with van der Waals surface area (Å²) in [7, 11) is 0. The lowest BCUT2D eigenvalue weighted by Crippen LogP contribution is -2.25. The minimum atomic E-state index is -0.0724. The van der Waals surface area contributed by atoms with Gasteiger partial charge in [0.1, 0.15) is 0 Å². The van der Waals surface area contributed by atoms with Gasteiger partial charge >= 0.3 is 0 Å². The molecule has 0 aliphatic carbocycles. The van der Waals surface area contributed by atoms with Crippen molar-refractivity contribution < 1.29 is 4.79 Å². The summed E-state index contributed by atoms with van der Waals surface area (Å²) in [6, 6.07) is 23.7. The lowest BCUT2D eigenvalue weighted by molar-refractivity contribution is 0.0955. The number of rotatable bonds is 6. The maximum atomic E-state index is 12.9. The molecule has 0 radical (unpaired) electrons. The number of pyridine rings is 2. The predicted molar refractivity (Wildman–Crippen MR) is 112 cm³/mol. The van der Waals surface area contributed by atoms with Crippen LogP contribution in [-0.4, -0.2) is 22.4 Å². The molecular formula is C24H21N3O. The van der Waals surface area contributed by atoms with Crippen LogP contribution >= 0.6 is 0 Å². The Balaban J connectivity index is 1.54. The number of nitrogens with zero attached hydrogens (tertiary/aromatic N) is 2. The van der Waals surface area contributed by atoms with Crippen LogP contribution in [0.25, 0.3) is 22.2 Å². The van der Waals surface area contributed by atoms with Crippen LogP contribution in [0, 0.1) is 0 Å². The molecule has 1 amide bonds. The third-order valence-electron chi connectivity index (χ3n) is 4.69. The Morgan fingerprint density at radius 3 is 2.57 bits per heavy atom. The first-order valence-corrected chi connectivity index (χ1v) is 9.43. The van der Waals surface area contributed by atoms with Gasteiger partial charge in [-0.1, -0.05) is 48.5 Å². The molecule has 0 atom stereocenters. The Morgan fingerprint density at radius 1 is 0.929 bits per heavy atom. The van der Waals surface area contributed by atoms with Crippen LogP contribution in [-0.2, 0) is 6.42 Å². The van der Waals surface area contributed by atoms with Gasteiger partial charge in [-0.3, -0.25) is 9.78 Å². The number of carbonyl (C=O) groups is 1. The van der Waals surface area contributed by atoms with Gasteiger partial charge in [0.05, 0.1) is 16.8 Å². The quantitative estimate of drug-likeness (QED) is 0.504. The average Bonchev–Trinajstić information content (AvgIpc) is 2.77. The highest BCUT2D eigenvalue weighted by Gasteiger charge is 2.13. The van der Waals surface area contributed by atoms with Crippen molar-refractivity contribution in [2.24, 2.45) is 0 Å². The zero-order valence-electron chi connectivity index (χ0n) is 15.5. The Kier molecular flexibility index (Phi) is 5.38. The van der Waals surface area contributed by atoms with E-state index in [1.165, 1.54) is 5.56 Å². The van der Waals surface area contributed by atoms with Crippen LogP contribution in [0.15, 0.2) is 85.2 Å². The van der Waals surface area contributed by atoms with Crippen molar-refractivity contribution in [2.75, 3.05) is 6.54 Å². The van der Waals surface area contributed by atoms with Crippen LogP contribution in [0.5, 0.6) is 0 Å². The number of para-hydroxylation sites is 1. The third-order valence-corrected chi connectivity index (χ3v) is 4.69. The van der Waals surface area contributed by atoms with Gasteiger partial charge in [0.25, 0.3) is 5.91 Å². The van der Waals surface area contributed by atoms with E-state index in [9.17, 15) is 4.79 Å². The van der Waals surface area contributed by atoms with Crippen molar-refractivity contribution in [1.29, 1.82) is 0 Å². The standard InChI is InChI=1S/C24H21N3O/c28-24(26-15-6-10-18-8-2-1-3-9-18)21-16-23(19-11-7-14-25-17-19)27-22-13-5-4-12-20(21)22/h1-5,7-9,11-14,16-17H,6,10,15H2,(H,26,28). The SMILES string of the molecule is O=C(NCCCc1ccccc1)c1cc(-c2cccnc2)nc2ccccc12. The van der Waals surface area contributed by atoms with Crippen molar-refractivity contribution in [2.45, 2.75) is 12.8 Å². The molecule has 0 spiro atoms. The Labute approximate surface area is 164 Å². The highest BCUT2D eigenvalue weighted by Crippen LogP contribution is 2.24. The molecule has 0 saturated heterocycles. The molecule has 4 aromatic rings. The second-order valence-corrected chi connectivity index (χ2v) is 6.66. The van der Waals surface area contributed by atoms with Gasteiger partial charge in [0.2, 0.25) is 0 Å². The zero-order chi connectivity index (χ0) is 19.2. The van der Waals surface area contributed by atoms with Crippen LogP contribution in [0.2, 0.25) is 0 Å². The first-order valence-electron chi connectivity index (χ1n) is 9.43. The summed E-state index contributed by atoms with van der Waals surface area (Å²) < 4.78 is 0. The second-order valence-electron chi connectivity index (χ2n) is 6.66. The molecule has 0 fully saturated rings. The lowest BCUT2D eigenvalue weighted by Gasteiger charge is -2.10. The summed E-state index contributed by atoms with van der Waals surface area (Å²) in [6.07, 6.45) is 5.33. The highest BCUT2D eigenvalue weighted by molar-refractivity contribution is 6.07. The molecular weight excluding hydrogens is 346 g/mol. The fourth-order valence-electron chi connectivity index (χ4n) is 3.26. The van der Waals surface area contributed by atoms with Gasteiger partial charge in [0.15, 0.2) is 0 Å². The number of benzene rings is 2. The predicted octanol–water partition coefficient (Wildman–Crippen LogP) is 4.66. The number of aromatic nitrogens is 2. The van der Waals surface area contributed by atoms with Gasteiger partial charge in [-0.15, -0.1) is 0 Å². The molecule has 28 heavy (non-hydrogen) atoms. The first-order chi connectivity index (χ1) is 13.8. The van der Waals surface area contributed by atoms with Crippen molar-refractivity contribution in [3.8, 4) is 11.3 Å². The molecule has 0 bridgehead atoms. The fourth-order valence-corrected chi connectivity index (χ4v) is 3.26. The van der Waals surface area contributed by atoms with Crippen LogP contribution in [0.3, 0.4) is 0 Å². The number of hydrogen-bond acceptors (Lipinski definition) is 3. The van der Waals surface area contributed by atoms with Crippen LogP contribution < -0.4 is 5.32 Å². The first kappa shape index (κ1) is 17.9. The molecule has 2 aromatic heterocycles. The normalized spacial score (nSPS) is 10.7. The fraction of sp³-hybridized carbons (Fsp3) is 0.125. The molecule has 0 aliphatic heterocycles. The summed E-state index contributed by atoms with van der Waals surface area (Å²) in [4.78, 5) is 21.8. The highest BCUT2D eigenvalue weighted by atomic mass is 16.1. The maximum Gasteiger partial charge on any atom is 0.252 e. The minimum Gasteiger partial charge on any atom is -0.352 e. The Bertz CT molecular complexity index is 1080. The van der Waals surface area contributed by atoms with Crippen molar-refractivity contribution in [3.05, 3.63) is 96.3 Å². The molecule has 0 aliphatic rings. The number of aryl methyl sites for hydroxylation is 1. The van der Waals surface area contributed by atoms with E-state index in [0.29, 0.717) is 12.1 Å². The van der Waals surface area contributed by atoms with E-state index in [1.54, 1.807) is 12.4 Å². The van der Waals surface area contributed by atoms with Crippen molar-refractivity contribution >= 4 is 16.8 Å². The third kappa shape index (κ3) is 4.07. The molecule has 4 heteroatoms. The molecule has 2 aromatic carbocycles. The molecule has 0 unspecified atom stereocenters.